The highest BCUT2D eigenvalue weighted by Crippen LogP contribution is 2.21. The predicted octanol–water partition coefficient (Wildman–Crippen LogP) is 3.44. The van der Waals surface area contributed by atoms with Gasteiger partial charge in [0.15, 0.2) is 0 Å². The molecule has 0 bridgehead atoms. The molecule has 21 heavy (non-hydrogen) atoms. The highest BCUT2D eigenvalue weighted by Gasteiger charge is 2.14. The van der Waals surface area contributed by atoms with Crippen LogP contribution in [0.25, 0.3) is 0 Å². The van der Waals surface area contributed by atoms with Gasteiger partial charge in [0.2, 0.25) is 0 Å². The summed E-state index contributed by atoms with van der Waals surface area (Å²) in [6, 6.07) is 11.0. The third-order valence-electron chi connectivity index (χ3n) is 3.28. The van der Waals surface area contributed by atoms with Crippen LogP contribution in [0.3, 0.4) is 0 Å². The first-order valence-corrected chi connectivity index (χ1v) is 6.74. The number of furan rings is 1. The van der Waals surface area contributed by atoms with Gasteiger partial charge < -0.3 is 14.5 Å². The molecule has 2 rings (SSSR count). The predicted molar refractivity (Wildman–Crippen MR) is 78.2 cm³/mol. The number of hydrogen-bond acceptors (Lipinski definition) is 5. The van der Waals surface area contributed by atoms with E-state index >= 15 is 0 Å². The number of nitrogens with zero attached hydrogens (tertiary/aromatic N) is 1. The zero-order valence-electron chi connectivity index (χ0n) is 12.0. The van der Waals surface area contributed by atoms with E-state index in [-0.39, 0.29) is 11.9 Å². The van der Waals surface area contributed by atoms with Crippen LogP contribution in [0.4, 0.5) is 5.88 Å². The van der Waals surface area contributed by atoms with Gasteiger partial charge in [0.05, 0.1) is 19.7 Å². The second-order valence-corrected chi connectivity index (χ2v) is 4.61. The van der Waals surface area contributed by atoms with Gasteiger partial charge in [0, 0.05) is 6.04 Å². The summed E-state index contributed by atoms with van der Waals surface area (Å²) in [5.74, 6) is 1.13. The van der Waals surface area contributed by atoms with Gasteiger partial charge in [-0.05, 0) is 30.2 Å². The van der Waals surface area contributed by atoms with E-state index in [4.69, 9.17) is 9.15 Å². The number of hydrogen-bond donors (Lipinski definition) is 1. The smallest absolute Gasteiger partial charge is 0.433 e. The molecule has 1 heterocycles. The Kier molecular flexibility index (Phi) is 4.94. The lowest BCUT2D eigenvalue weighted by Gasteiger charge is -2.17. The molecule has 1 atom stereocenters. The molecule has 1 aromatic carbocycles. The van der Waals surface area contributed by atoms with E-state index in [0.717, 1.165) is 17.7 Å². The maximum absolute atomic E-state index is 10.6. The molecule has 1 aromatic heterocycles. The highest BCUT2D eigenvalue weighted by molar-refractivity contribution is 5.29. The van der Waals surface area contributed by atoms with Crippen molar-refractivity contribution >= 4 is 5.88 Å². The lowest BCUT2D eigenvalue weighted by Crippen LogP contribution is -2.19. The number of ether oxygens (including phenoxy) is 1. The summed E-state index contributed by atoms with van der Waals surface area (Å²) in [6.07, 6.45) is 0.898. The molecule has 0 amide bonds. The fourth-order valence-corrected chi connectivity index (χ4v) is 2.12. The zero-order chi connectivity index (χ0) is 15.2. The third kappa shape index (κ3) is 3.82. The lowest BCUT2D eigenvalue weighted by atomic mass is 10.0. The van der Waals surface area contributed by atoms with Crippen molar-refractivity contribution in [2.45, 2.75) is 25.9 Å². The number of rotatable bonds is 7. The topological polar surface area (TPSA) is 77.5 Å². The lowest BCUT2D eigenvalue weighted by molar-refractivity contribution is -0.402. The zero-order valence-corrected chi connectivity index (χ0v) is 12.0. The molecule has 0 saturated carbocycles. The van der Waals surface area contributed by atoms with Crippen molar-refractivity contribution in [1.82, 2.24) is 5.32 Å². The normalized spacial score (nSPS) is 12.1. The van der Waals surface area contributed by atoms with E-state index in [0.29, 0.717) is 12.3 Å². The molecule has 0 aliphatic carbocycles. The summed E-state index contributed by atoms with van der Waals surface area (Å²) in [7, 11) is 1.63. The van der Waals surface area contributed by atoms with Crippen molar-refractivity contribution in [3.63, 3.8) is 0 Å². The Morgan fingerprint density at radius 2 is 2.00 bits per heavy atom. The SMILES string of the molecule is CCC(NCc1ccc([N+](=O)[O-])o1)c1ccc(OC)cc1. The highest BCUT2D eigenvalue weighted by atomic mass is 16.6. The summed E-state index contributed by atoms with van der Waals surface area (Å²) in [4.78, 5) is 10.0. The van der Waals surface area contributed by atoms with Crippen molar-refractivity contribution in [3.8, 4) is 5.75 Å². The largest absolute Gasteiger partial charge is 0.497 e. The summed E-state index contributed by atoms with van der Waals surface area (Å²) in [5.41, 5.74) is 1.14. The Morgan fingerprint density at radius 1 is 1.29 bits per heavy atom. The van der Waals surface area contributed by atoms with Crippen molar-refractivity contribution in [2.75, 3.05) is 7.11 Å². The molecule has 1 N–H and O–H groups in total. The Morgan fingerprint density at radius 3 is 2.52 bits per heavy atom. The first kappa shape index (κ1) is 15.1. The average Bonchev–Trinajstić information content (AvgIpc) is 2.98. The minimum absolute atomic E-state index is 0.153. The molecule has 2 aromatic rings. The fourth-order valence-electron chi connectivity index (χ4n) is 2.12. The number of nitrogens with one attached hydrogen (secondary N) is 1. The van der Waals surface area contributed by atoms with Crippen LogP contribution in [0, 0.1) is 10.1 Å². The number of nitro groups is 1. The van der Waals surface area contributed by atoms with Crippen molar-refractivity contribution in [3.05, 3.63) is 57.8 Å². The molecular weight excluding hydrogens is 272 g/mol. The summed E-state index contributed by atoms with van der Waals surface area (Å²) < 4.78 is 10.3. The van der Waals surface area contributed by atoms with Gasteiger partial charge in [0.25, 0.3) is 0 Å². The second-order valence-electron chi connectivity index (χ2n) is 4.61. The van der Waals surface area contributed by atoms with Crippen LogP contribution in [0.15, 0.2) is 40.8 Å². The summed E-state index contributed by atoms with van der Waals surface area (Å²) in [6.45, 7) is 2.52. The van der Waals surface area contributed by atoms with E-state index in [9.17, 15) is 10.1 Å². The quantitative estimate of drug-likeness (QED) is 0.624. The first-order valence-electron chi connectivity index (χ1n) is 6.74. The maximum Gasteiger partial charge on any atom is 0.433 e. The molecule has 6 heteroatoms. The Labute approximate surface area is 122 Å². The molecule has 0 spiro atoms. The number of methoxy groups -OCH3 is 1. The summed E-state index contributed by atoms with van der Waals surface area (Å²) >= 11 is 0. The molecular formula is C15H18N2O4. The van der Waals surface area contributed by atoms with Crippen LogP contribution in [0.2, 0.25) is 0 Å². The van der Waals surface area contributed by atoms with E-state index in [2.05, 4.69) is 12.2 Å². The molecule has 6 nitrogen and oxygen atoms in total. The van der Waals surface area contributed by atoms with E-state index < -0.39 is 4.92 Å². The molecule has 0 radical (unpaired) electrons. The van der Waals surface area contributed by atoms with E-state index in [1.54, 1.807) is 13.2 Å². The van der Waals surface area contributed by atoms with Crippen LogP contribution >= 0.6 is 0 Å². The standard InChI is InChI=1S/C15H18N2O4/c1-3-14(11-4-6-12(20-2)7-5-11)16-10-13-8-9-15(21-13)17(18)19/h4-9,14,16H,3,10H2,1-2H3. The van der Waals surface area contributed by atoms with Crippen molar-refractivity contribution in [2.24, 2.45) is 0 Å². The monoisotopic (exact) mass is 290 g/mol. The Balaban J connectivity index is 1.99. The first-order chi connectivity index (χ1) is 10.1. The van der Waals surface area contributed by atoms with E-state index in [1.165, 1.54) is 6.07 Å². The molecule has 0 saturated heterocycles. The Hall–Kier alpha value is -2.34. The molecule has 112 valence electrons. The van der Waals surface area contributed by atoms with Gasteiger partial charge in [-0.1, -0.05) is 19.1 Å². The van der Waals surface area contributed by atoms with Gasteiger partial charge in [-0.2, -0.15) is 0 Å². The van der Waals surface area contributed by atoms with Crippen molar-refractivity contribution in [1.29, 1.82) is 0 Å². The molecule has 0 fully saturated rings. The average molecular weight is 290 g/mol. The molecule has 0 aliphatic heterocycles. The number of benzene rings is 1. The fraction of sp³-hybridized carbons (Fsp3) is 0.333. The molecule has 1 unspecified atom stereocenters. The minimum atomic E-state index is -0.537. The van der Waals surface area contributed by atoms with Gasteiger partial charge in [-0.25, -0.2) is 0 Å². The van der Waals surface area contributed by atoms with Crippen LogP contribution in [-0.4, -0.2) is 12.0 Å². The maximum atomic E-state index is 10.6. The Bertz CT molecular complexity index is 592. The van der Waals surface area contributed by atoms with Crippen molar-refractivity contribution < 1.29 is 14.1 Å². The summed E-state index contributed by atoms with van der Waals surface area (Å²) in [5, 5.41) is 13.9. The van der Waals surface area contributed by atoms with Gasteiger partial charge in [-0.3, -0.25) is 10.1 Å². The van der Waals surface area contributed by atoms with Crippen LogP contribution in [0.1, 0.15) is 30.7 Å². The second kappa shape index (κ2) is 6.90. The molecule has 0 aliphatic rings. The third-order valence-corrected chi connectivity index (χ3v) is 3.28. The van der Waals surface area contributed by atoms with Gasteiger partial charge in [0.1, 0.15) is 16.4 Å². The van der Waals surface area contributed by atoms with Crippen LogP contribution < -0.4 is 10.1 Å². The van der Waals surface area contributed by atoms with E-state index in [1.807, 2.05) is 24.3 Å². The van der Waals surface area contributed by atoms with Gasteiger partial charge in [-0.15, -0.1) is 0 Å². The van der Waals surface area contributed by atoms with Gasteiger partial charge >= 0.3 is 5.88 Å². The minimum Gasteiger partial charge on any atom is -0.497 e. The van der Waals surface area contributed by atoms with Crippen LogP contribution in [0.5, 0.6) is 5.75 Å². The van der Waals surface area contributed by atoms with Crippen LogP contribution in [-0.2, 0) is 6.54 Å².